The molecule has 1 unspecified atom stereocenters. The molecule has 110 valence electrons. The summed E-state index contributed by atoms with van der Waals surface area (Å²) in [7, 11) is 0. The number of carboxylic acids is 1. The Balaban J connectivity index is 1.63. The zero-order valence-electron chi connectivity index (χ0n) is 11.6. The van der Waals surface area contributed by atoms with E-state index >= 15 is 0 Å². The Labute approximate surface area is 127 Å². The van der Waals surface area contributed by atoms with Crippen molar-refractivity contribution in [3.63, 3.8) is 0 Å². The van der Waals surface area contributed by atoms with E-state index in [4.69, 9.17) is 0 Å². The first kappa shape index (κ1) is 14.0. The Kier molecular flexibility index (Phi) is 4.15. The molecule has 0 radical (unpaired) electrons. The molecule has 0 saturated heterocycles. The minimum Gasteiger partial charge on any atom is -0.481 e. The predicted octanol–water partition coefficient (Wildman–Crippen LogP) is 2.70. The molecule has 1 aliphatic carbocycles. The van der Waals surface area contributed by atoms with E-state index in [1.54, 1.807) is 23.7 Å². The van der Waals surface area contributed by atoms with Crippen LogP contribution in [0, 0.1) is 0 Å². The molecule has 3 rings (SSSR count). The summed E-state index contributed by atoms with van der Waals surface area (Å²) in [5.41, 5.74) is 1.99. The maximum Gasteiger partial charge on any atom is 0.312 e. The van der Waals surface area contributed by atoms with Crippen LogP contribution in [0.5, 0.6) is 0 Å². The molecule has 21 heavy (non-hydrogen) atoms. The summed E-state index contributed by atoms with van der Waals surface area (Å²) < 4.78 is 0. The van der Waals surface area contributed by atoms with Crippen molar-refractivity contribution in [2.75, 3.05) is 11.9 Å². The number of fused-ring (bicyclic) bond motifs is 1. The van der Waals surface area contributed by atoms with Crippen LogP contribution < -0.4 is 5.32 Å². The number of carboxylic acid groups (broad SMARTS) is 1. The van der Waals surface area contributed by atoms with E-state index in [0.717, 1.165) is 41.5 Å². The first-order chi connectivity index (χ1) is 10.2. The number of carbonyl (C=O) groups is 1. The molecule has 6 heteroatoms. The van der Waals surface area contributed by atoms with Crippen LogP contribution in [0.1, 0.15) is 34.9 Å². The number of anilines is 1. The van der Waals surface area contributed by atoms with Gasteiger partial charge in [-0.2, -0.15) is 0 Å². The van der Waals surface area contributed by atoms with Crippen molar-refractivity contribution in [1.82, 2.24) is 9.97 Å². The van der Waals surface area contributed by atoms with Crippen LogP contribution in [0.25, 0.3) is 0 Å². The average Bonchev–Trinajstić information content (AvgIpc) is 2.90. The Morgan fingerprint density at radius 1 is 1.43 bits per heavy atom. The fourth-order valence-corrected chi connectivity index (χ4v) is 3.69. The molecule has 2 aromatic heterocycles. The molecule has 0 amide bonds. The summed E-state index contributed by atoms with van der Waals surface area (Å²) in [5.74, 6) is -1.19. The fraction of sp³-hybridized carbons (Fsp3) is 0.400. The van der Waals surface area contributed by atoms with E-state index in [1.807, 2.05) is 12.1 Å². The highest BCUT2D eigenvalue weighted by Gasteiger charge is 2.29. The van der Waals surface area contributed by atoms with Gasteiger partial charge in [-0.1, -0.05) is 0 Å². The molecule has 1 atom stereocenters. The molecule has 0 aliphatic heterocycles. The second-order valence-electron chi connectivity index (χ2n) is 5.14. The Bertz CT molecular complexity index is 627. The molecule has 2 heterocycles. The van der Waals surface area contributed by atoms with Gasteiger partial charge in [0.15, 0.2) is 5.13 Å². The molecule has 0 fully saturated rings. The zero-order valence-corrected chi connectivity index (χ0v) is 12.4. The smallest absolute Gasteiger partial charge is 0.312 e. The van der Waals surface area contributed by atoms with Gasteiger partial charge in [-0.15, -0.1) is 11.3 Å². The van der Waals surface area contributed by atoms with Crippen molar-refractivity contribution < 1.29 is 9.90 Å². The number of pyridine rings is 1. The van der Waals surface area contributed by atoms with Gasteiger partial charge in [0.25, 0.3) is 0 Å². The largest absolute Gasteiger partial charge is 0.481 e. The average molecular weight is 303 g/mol. The van der Waals surface area contributed by atoms with Gasteiger partial charge >= 0.3 is 5.97 Å². The third-order valence-electron chi connectivity index (χ3n) is 3.69. The van der Waals surface area contributed by atoms with Crippen LogP contribution >= 0.6 is 11.3 Å². The van der Waals surface area contributed by atoms with Gasteiger partial charge in [0.1, 0.15) is 5.92 Å². The molecule has 1 aliphatic rings. The zero-order chi connectivity index (χ0) is 14.7. The van der Waals surface area contributed by atoms with Gasteiger partial charge in [0, 0.05) is 23.8 Å². The first-order valence-electron chi connectivity index (χ1n) is 7.09. The Hall–Kier alpha value is -1.95. The second-order valence-corrected chi connectivity index (χ2v) is 6.23. The number of hydrogen-bond acceptors (Lipinski definition) is 5. The Morgan fingerprint density at radius 3 is 3.00 bits per heavy atom. The molecule has 0 saturated carbocycles. The summed E-state index contributed by atoms with van der Waals surface area (Å²) in [6.45, 7) is 0.786. The van der Waals surface area contributed by atoms with Gasteiger partial charge < -0.3 is 10.4 Å². The normalized spacial score (nSPS) is 17.2. The van der Waals surface area contributed by atoms with Crippen LogP contribution in [0.3, 0.4) is 0 Å². The van der Waals surface area contributed by atoms with Crippen LogP contribution in [0.15, 0.2) is 24.5 Å². The number of thiazole rings is 1. The molecule has 0 spiro atoms. The Morgan fingerprint density at radius 2 is 2.24 bits per heavy atom. The lowest BCUT2D eigenvalue weighted by Crippen LogP contribution is -2.17. The van der Waals surface area contributed by atoms with E-state index in [1.165, 1.54) is 5.56 Å². The summed E-state index contributed by atoms with van der Waals surface area (Å²) in [5, 5.41) is 13.4. The van der Waals surface area contributed by atoms with Crippen molar-refractivity contribution in [2.24, 2.45) is 0 Å². The van der Waals surface area contributed by atoms with E-state index < -0.39 is 11.9 Å². The second kappa shape index (κ2) is 6.22. The lowest BCUT2D eigenvalue weighted by molar-refractivity contribution is -0.139. The minimum atomic E-state index is -0.760. The summed E-state index contributed by atoms with van der Waals surface area (Å²) in [4.78, 5) is 20.9. The van der Waals surface area contributed by atoms with Crippen molar-refractivity contribution in [3.05, 3.63) is 40.7 Å². The van der Waals surface area contributed by atoms with E-state index in [-0.39, 0.29) is 0 Å². The lowest BCUT2D eigenvalue weighted by atomic mass is 9.91. The highest BCUT2D eigenvalue weighted by molar-refractivity contribution is 7.15. The predicted molar refractivity (Wildman–Crippen MR) is 81.9 cm³/mol. The third kappa shape index (κ3) is 3.21. The maximum absolute atomic E-state index is 11.3. The van der Waals surface area contributed by atoms with E-state index in [0.29, 0.717) is 6.42 Å². The summed E-state index contributed by atoms with van der Waals surface area (Å²) in [6, 6.07) is 3.99. The number of aryl methyl sites for hydroxylation is 1. The highest BCUT2D eigenvalue weighted by atomic mass is 32.1. The highest BCUT2D eigenvalue weighted by Crippen LogP contribution is 2.36. The molecular formula is C15H17N3O2S. The van der Waals surface area contributed by atoms with Crippen molar-refractivity contribution in [2.45, 2.75) is 31.6 Å². The van der Waals surface area contributed by atoms with Gasteiger partial charge in [0.05, 0.1) is 5.69 Å². The van der Waals surface area contributed by atoms with Gasteiger partial charge in [-0.25, -0.2) is 4.98 Å². The number of nitrogens with one attached hydrogen (secondary N) is 1. The summed E-state index contributed by atoms with van der Waals surface area (Å²) >= 11 is 1.59. The number of hydrogen-bond donors (Lipinski definition) is 2. The molecule has 2 aromatic rings. The van der Waals surface area contributed by atoms with Gasteiger partial charge in [-0.05, 0) is 43.4 Å². The van der Waals surface area contributed by atoms with Crippen LogP contribution in [-0.2, 0) is 17.6 Å². The molecule has 0 aromatic carbocycles. The van der Waals surface area contributed by atoms with Crippen LogP contribution in [-0.4, -0.2) is 27.6 Å². The van der Waals surface area contributed by atoms with Crippen LogP contribution in [0.4, 0.5) is 5.13 Å². The standard InChI is InChI=1S/C15H17N3O2S/c19-14(20)11-2-1-3-12-13(11)18-15(21-12)17-9-6-10-4-7-16-8-5-10/h4-5,7-8,11H,1-3,6,9H2,(H,17,18)(H,19,20). The third-order valence-corrected chi connectivity index (χ3v) is 4.78. The SMILES string of the molecule is O=C(O)C1CCCc2sc(NCCc3ccncc3)nc21. The van der Waals surface area contributed by atoms with Crippen molar-refractivity contribution in [1.29, 1.82) is 0 Å². The molecule has 0 bridgehead atoms. The molecular weight excluding hydrogens is 286 g/mol. The maximum atomic E-state index is 11.3. The molecule has 5 nitrogen and oxygen atoms in total. The lowest BCUT2D eigenvalue weighted by Gasteiger charge is -2.16. The van der Waals surface area contributed by atoms with E-state index in [9.17, 15) is 9.90 Å². The number of aromatic nitrogens is 2. The quantitative estimate of drug-likeness (QED) is 0.888. The van der Waals surface area contributed by atoms with E-state index in [2.05, 4.69) is 15.3 Å². The topological polar surface area (TPSA) is 75.1 Å². The number of nitrogens with zero attached hydrogens (tertiary/aromatic N) is 2. The number of rotatable bonds is 5. The van der Waals surface area contributed by atoms with Gasteiger partial charge in [-0.3, -0.25) is 9.78 Å². The van der Waals surface area contributed by atoms with Gasteiger partial charge in [0.2, 0.25) is 0 Å². The van der Waals surface area contributed by atoms with Crippen molar-refractivity contribution >= 4 is 22.4 Å². The monoisotopic (exact) mass is 303 g/mol. The van der Waals surface area contributed by atoms with Crippen LogP contribution in [0.2, 0.25) is 0 Å². The first-order valence-corrected chi connectivity index (χ1v) is 7.91. The minimum absolute atomic E-state index is 0.430. The molecule has 2 N–H and O–H groups in total. The summed E-state index contributed by atoms with van der Waals surface area (Å²) in [6.07, 6.45) is 7.05. The number of aliphatic carboxylic acids is 1. The fourth-order valence-electron chi connectivity index (χ4n) is 2.60. The van der Waals surface area contributed by atoms with Crippen molar-refractivity contribution in [3.8, 4) is 0 Å².